The van der Waals surface area contributed by atoms with Gasteiger partial charge in [0.2, 0.25) is 0 Å². The molecule has 1 heterocycles. The topological polar surface area (TPSA) is 42.2 Å². The fourth-order valence-corrected chi connectivity index (χ4v) is 3.85. The van der Waals surface area contributed by atoms with E-state index in [1.54, 1.807) is 12.1 Å². The number of halogens is 1. The number of fused-ring (bicyclic) bond motifs is 1. The van der Waals surface area contributed by atoms with Gasteiger partial charge in [-0.2, -0.15) is 0 Å². The summed E-state index contributed by atoms with van der Waals surface area (Å²) in [6, 6.07) is 12.0. The van der Waals surface area contributed by atoms with Crippen LogP contribution in [0.5, 0.6) is 0 Å². The van der Waals surface area contributed by atoms with Gasteiger partial charge in [0.1, 0.15) is 11.4 Å². The highest BCUT2D eigenvalue weighted by Crippen LogP contribution is 2.38. The Morgan fingerprint density at radius 1 is 1.12 bits per heavy atom. The van der Waals surface area contributed by atoms with Gasteiger partial charge >= 0.3 is 5.63 Å². The molecule has 1 N–H and O–H groups in total. The van der Waals surface area contributed by atoms with Crippen LogP contribution >= 0.6 is 11.9 Å². The maximum atomic E-state index is 13.4. The number of anilines is 1. The minimum absolute atomic E-state index is 0.297. The van der Waals surface area contributed by atoms with Gasteiger partial charge < -0.3 is 9.14 Å². The molecule has 0 saturated heterocycles. The van der Waals surface area contributed by atoms with Gasteiger partial charge in [-0.25, -0.2) is 9.18 Å². The van der Waals surface area contributed by atoms with Crippen molar-refractivity contribution in [1.82, 2.24) is 0 Å². The molecular formula is C21H18FNO2S. The predicted octanol–water partition coefficient (Wildman–Crippen LogP) is 5.86. The van der Waals surface area contributed by atoms with Crippen LogP contribution in [0.2, 0.25) is 0 Å². The first-order chi connectivity index (χ1) is 12.7. The van der Waals surface area contributed by atoms with Crippen LogP contribution in [0.15, 0.2) is 57.8 Å². The lowest BCUT2D eigenvalue weighted by Crippen LogP contribution is -2.09. The van der Waals surface area contributed by atoms with E-state index in [1.807, 2.05) is 24.5 Å². The van der Waals surface area contributed by atoms with E-state index in [2.05, 4.69) is 10.8 Å². The van der Waals surface area contributed by atoms with Crippen molar-refractivity contribution in [2.45, 2.75) is 19.3 Å². The van der Waals surface area contributed by atoms with Gasteiger partial charge in [0.25, 0.3) is 0 Å². The Balaban J connectivity index is 2.04. The zero-order valence-corrected chi connectivity index (χ0v) is 15.2. The zero-order valence-electron chi connectivity index (χ0n) is 14.3. The van der Waals surface area contributed by atoms with Gasteiger partial charge in [0.05, 0.1) is 5.56 Å². The van der Waals surface area contributed by atoms with Gasteiger partial charge in [0.15, 0.2) is 0 Å². The molecule has 0 radical (unpaired) electrons. The summed E-state index contributed by atoms with van der Waals surface area (Å²) in [4.78, 5) is 12.8. The number of hydrogen-bond acceptors (Lipinski definition) is 4. The first-order valence-electron chi connectivity index (χ1n) is 8.52. The zero-order chi connectivity index (χ0) is 18.1. The van der Waals surface area contributed by atoms with Gasteiger partial charge in [0, 0.05) is 29.0 Å². The van der Waals surface area contributed by atoms with Crippen LogP contribution in [0.1, 0.15) is 24.8 Å². The van der Waals surface area contributed by atoms with Crippen LogP contribution in [-0.2, 0) is 0 Å². The van der Waals surface area contributed by atoms with Crippen molar-refractivity contribution in [3.63, 3.8) is 0 Å². The molecule has 1 aliphatic carbocycles. The Labute approximate surface area is 155 Å². The summed E-state index contributed by atoms with van der Waals surface area (Å²) in [5.41, 5.74) is 4.31. The van der Waals surface area contributed by atoms with Gasteiger partial charge in [-0.3, -0.25) is 0 Å². The second kappa shape index (κ2) is 7.00. The summed E-state index contributed by atoms with van der Waals surface area (Å²) < 4.78 is 22.2. The highest BCUT2D eigenvalue weighted by molar-refractivity contribution is 7.99. The highest BCUT2D eigenvalue weighted by Gasteiger charge is 2.21. The average molecular weight is 367 g/mol. The summed E-state index contributed by atoms with van der Waals surface area (Å²) in [6.07, 6.45) is 6.89. The van der Waals surface area contributed by atoms with Crippen LogP contribution in [0.3, 0.4) is 0 Å². The smallest absolute Gasteiger partial charge is 0.344 e. The van der Waals surface area contributed by atoms with Crippen LogP contribution in [0, 0.1) is 5.82 Å². The van der Waals surface area contributed by atoms with Crippen molar-refractivity contribution in [3.05, 3.63) is 70.3 Å². The molecule has 1 aliphatic rings. The molecule has 5 heteroatoms. The van der Waals surface area contributed by atoms with E-state index in [9.17, 15) is 9.18 Å². The fraction of sp³-hybridized carbons (Fsp3) is 0.190. The monoisotopic (exact) mass is 367 g/mol. The van der Waals surface area contributed by atoms with Crippen LogP contribution in [0.25, 0.3) is 27.7 Å². The van der Waals surface area contributed by atoms with E-state index < -0.39 is 0 Å². The molecule has 0 bridgehead atoms. The normalized spacial score (nSPS) is 13.8. The SMILES string of the molecule is CSNc1ccc2c(-c3ccc(F)cc3)c(C3=CCCC3)c(=O)oc2c1. The minimum Gasteiger partial charge on any atom is -0.422 e. The lowest BCUT2D eigenvalue weighted by atomic mass is 9.92. The summed E-state index contributed by atoms with van der Waals surface area (Å²) in [7, 11) is 0. The molecule has 0 saturated carbocycles. The lowest BCUT2D eigenvalue weighted by Gasteiger charge is -2.14. The fourth-order valence-electron chi connectivity index (χ4n) is 3.49. The van der Waals surface area contributed by atoms with E-state index in [4.69, 9.17) is 4.42 Å². The van der Waals surface area contributed by atoms with E-state index in [0.29, 0.717) is 11.1 Å². The predicted molar refractivity (Wildman–Crippen MR) is 107 cm³/mol. The Kier molecular flexibility index (Phi) is 4.55. The summed E-state index contributed by atoms with van der Waals surface area (Å²) in [6.45, 7) is 0. The number of allylic oxidation sites excluding steroid dienone is 2. The van der Waals surface area contributed by atoms with Crippen LogP contribution in [-0.4, -0.2) is 6.26 Å². The average Bonchev–Trinajstić information content (AvgIpc) is 3.16. The summed E-state index contributed by atoms with van der Waals surface area (Å²) in [5, 5.41) is 0.852. The number of nitrogens with one attached hydrogen (secondary N) is 1. The maximum absolute atomic E-state index is 13.4. The number of hydrogen-bond donors (Lipinski definition) is 1. The first-order valence-corrected chi connectivity index (χ1v) is 9.75. The molecule has 3 nitrogen and oxygen atoms in total. The molecule has 0 amide bonds. The van der Waals surface area contributed by atoms with Crippen molar-refractivity contribution >= 4 is 34.2 Å². The molecule has 0 atom stereocenters. The third-order valence-electron chi connectivity index (χ3n) is 4.62. The molecule has 26 heavy (non-hydrogen) atoms. The van der Waals surface area contributed by atoms with Crippen LogP contribution in [0.4, 0.5) is 10.1 Å². The second-order valence-electron chi connectivity index (χ2n) is 6.29. The summed E-state index contributed by atoms with van der Waals surface area (Å²) in [5.74, 6) is -0.297. The molecule has 0 unspecified atom stereocenters. The molecule has 4 rings (SSSR count). The summed E-state index contributed by atoms with van der Waals surface area (Å²) >= 11 is 1.47. The lowest BCUT2D eigenvalue weighted by molar-refractivity contribution is 0.559. The standard InChI is InChI=1S/C21H18FNO2S/c1-26-23-16-10-11-17-18(12-16)25-21(24)20(13-4-2-3-5-13)19(17)14-6-8-15(22)9-7-14/h4,6-12,23H,2-3,5H2,1H3. The molecule has 0 spiro atoms. The van der Waals surface area contributed by atoms with E-state index in [1.165, 1.54) is 24.1 Å². The van der Waals surface area contributed by atoms with E-state index in [0.717, 1.165) is 47.0 Å². The van der Waals surface area contributed by atoms with Crippen molar-refractivity contribution in [3.8, 4) is 11.1 Å². The number of rotatable bonds is 4. The molecule has 0 aliphatic heterocycles. The molecule has 1 aromatic heterocycles. The van der Waals surface area contributed by atoms with Crippen molar-refractivity contribution in [2.24, 2.45) is 0 Å². The molecule has 2 aromatic carbocycles. The Hall–Kier alpha value is -2.53. The van der Waals surface area contributed by atoms with Crippen LogP contribution < -0.4 is 10.3 Å². The number of benzene rings is 2. The Bertz CT molecular complexity index is 1050. The third-order valence-corrected chi connectivity index (χ3v) is 5.06. The van der Waals surface area contributed by atoms with Crippen molar-refractivity contribution in [1.29, 1.82) is 0 Å². The van der Waals surface area contributed by atoms with E-state index in [-0.39, 0.29) is 11.4 Å². The van der Waals surface area contributed by atoms with Crippen molar-refractivity contribution < 1.29 is 8.81 Å². The second-order valence-corrected chi connectivity index (χ2v) is 6.90. The molecule has 132 valence electrons. The molecule has 3 aromatic rings. The highest BCUT2D eigenvalue weighted by atomic mass is 32.2. The van der Waals surface area contributed by atoms with E-state index >= 15 is 0 Å². The molecular weight excluding hydrogens is 349 g/mol. The minimum atomic E-state index is -0.341. The van der Waals surface area contributed by atoms with Gasteiger partial charge in [-0.1, -0.05) is 30.2 Å². The maximum Gasteiger partial charge on any atom is 0.344 e. The Morgan fingerprint density at radius 3 is 2.62 bits per heavy atom. The Morgan fingerprint density at radius 2 is 1.92 bits per heavy atom. The van der Waals surface area contributed by atoms with Gasteiger partial charge in [-0.05, 0) is 54.7 Å². The first kappa shape index (κ1) is 16.9. The largest absolute Gasteiger partial charge is 0.422 e. The van der Waals surface area contributed by atoms with Crippen molar-refractivity contribution in [2.75, 3.05) is 11.0 Å². The van der Waals surface area contributed by atoms with Gasteiger partial charge in [-0.15, -0.1) is 0 Å². The molecule has 0 fully saturated rings. The quantitative estimate of drug-likeness (QED) is 0.463. The third kappa shape index (κ3) is 3.03.